The fourth-order valence-corrected chi connectivity index (χ4v) is 2.88. The first-order valence-corrected chi connectivity index (χ1v) is 9.24. The first kappa shape index (κ1) is 20.7. The Morgan fingerprint density at radius 1 is 1.17 bits per heavy atom. The summed E-state index contributed by atoms with van der Waals surface area (Å²) in [4.78, 5) is 26.2. The van der Waals surface area contributed by atoms with Crippen LogP contribution < -0.4 is 0 Å². The molecule has 4 heteroatoms. The van der Waals surface area contributed by atoms with Crippen molar-refractivity contribution in [1.29, 1.82) is 0 Å². The average Bonchev–Trinajstić information content (AvgIpc) is 2.48. The summed E-state index contributed by atoms with van der Waals surface area (Å²) < 4.78 is 5.88. The highest BCUT2D eigenvalue weighted by atomic mass is 16.5. The van der Waals surface area contributed by atoms with Crippen molar-refractivity contribution in [3.05, 3.63) is 12.3 Å². The number of allylic oxidation sites excluding steroid dienone is 1. The molecule has 3 atom stereocenters. The Balaban J connectivity index is 2.86. The quantitative estimate of drug-likeness (QED) is 0.610. The van der Waals surface area contributed by atoms with Crippen molar-refractivity contribution in [2.24, 2.45) is 17.3 Å². The van der Waals surface area contributed by atoms with Crippen LogP contribution in [0.5, 0.6) is 0 Å². The second kappa shape index (κ2) is 9.24. The minimum absolute atomic E-state index is 0.0759. The van der Waals surface area contributed by atoms with E-state index in [1.165, 1.54) is 0 Å². The zero-order valence-electron chi connectivity index (χ0n) is 16.3. The maximum Gasteiger partial charge on any atom is 0.308 e. The van der Waals surface area contributed by atoms with Gasteiger partial charge in [0, 0.05) is 19.7 Å². The molecule has 0 fully saturated rings. The maximum atomic E-state index is 12.4. The van der Waals surface area contributed by atoms with E-state index in [-0.39, 0.29) is 29.3 Å². The van der Waals surface area contributed by atoms with Crippen molar-refractivity contribution in [2.45, 2.75) is 79.2 Å². The largest absolute Gasteiger partial charge is 0.462 e. The normalized spacial score (nSPS) is 30.2. The van der Waals surface area contributed by atoms with Gasteiger partial charge in [0.15, 0.2) is 0 Å². The van der Waals surface area contributed by atoms with E-state index in [0.29, 0.717) is 12.3 Å². The lowest BCUT2D eigenvalue weighted by Crippen LogP contribution is -2.35. The van der Waals surface area contributed by atoms with Crippen LogP contribution in [-0.4, -0.2) is 29.9 Å². The third-order valence-corrected chi connectivity index (χ3v) is 4.82. The first-order chi connectivity index (χ1) is 11.1. The lowest BCUT2D eigenvalue weighted by molar-refractivity contribution is -0.160. The average molecular weight is 338 g/mol. The Kier molecular flexibility index (Phi) is 7.98. The lowest BCUT2D eigenvalue weighted by atomic mass is 9.82. The van der Waals surface area contributed by atoms with Gasteiger partial charge in [-0.05, 0) is 37.0 Å². The highest BCUT2D eigenvalue weighted by Crippen LogP contribution is 2.30. The van der Waals surface area contributed by atoms with Crippen molar-refractivity contribution in [3.63, 3.8) is 0 Å². The molecule has 0 aromatic carbocycles. The minimum Gasteiger partial charge on any atom is -0.462 e. The van der Waals surface area contributed by atoms with Crippen molar-refractivity contribution in [1.82, 2.24) is 4.90 Å². The van der Waals surface area contributed by atoms with Gasteiger partial charge in [-0.1, -0.05) is 47.1 Å². The molecule has 0 saturated heterocycles. The van der Waals surface area contributed by atoms with Gasteiger partial charge in [0.05, 0.1) is 5.92 Å². The third-order valence-electron chi connectivity index (χ3n) is 4.82. The molecule has 0 N–H and O–H groups in total. The van der Waals surface area contributed by atoms with Gasteiger partial charge in [-0.25, -0.2) is 0 Å². The van der Waals surface area contributed by atoms with E-state index in [0.717, 1.165) is 32.1 Å². The number of ether oxygens (including phenoxy) is 1. The smallest absolute Gasteiger partial charge is 0.308 e. The molecule has 1 heterocycles. The zero-order chi connectivity index (χ0) is 18.3. The molecule has 1 rings (SSSR count). The molecule has 0 unspecified atom stereocenters. The van der Waals surface area contributed by atoms with Gasteiger partial charge >= 0.3 is 5.97 Å². The molecular weight excluding hydrogens is 302 g/mol. The number of carbonyl (C=O) groups is 2. The molecular formula is C20H35NO3. The SMILES string of the molecule is C[C@@H]1CCCC(=O)N(C)/C=C/CC[C@H](C)C(=O)O[C@@H](C(C)(C)C)C1. The number of cyclic esters (lactones) is 1. The summed E-state index contributed by atoms with van der Waals surface area (Å²) in [7, 11) is 1.80. The van der Waals surface area contributed by atoms with E-state index in [9.17, 15) is 9.59 Å². The number of amides is 1. The first-order valence-electron chi connectivity index (χ1n) is 9.24. The summed E-state index contributed by atoms with van der Waals surface area (Å²) in [6.07, 6.45) is 8.48. The summed E-state index contributed by atoms with van der Waals surface area (Å²) in [6.45, 7) is 10.5. The van der Waals surface area contributed by atoms with E-state index < -0.39 is 0 Å². The van der Waals surface area contributed by atoms with Crippen LogP contribution in [0.1, 0.15) is 73.1 Å². The van der Waals surface area contributed by atoms with E-state index in [2.05, 4.69) is 27.7 Å². The summed E-state index contributed by atoms with van der Waals surface area (Å²) in [6, 6.07) is 0. The van der Waals surface area contributed by atoms with Crippen LogP contribution in [0, 0.1) is 17.3 Å². The fourth-order valence-electron chi connectivity index (χ4n) is 2.88. The molecule has 1 aliphatic rings. The molecule has 4 nitrogen and oxygen atoms in total. The van der Waals surface area contributed by atoms with Crippen LogP contribution in [0.15, 0.2) is 12.3 Å². The number of rotatable bonds is 0. The second-order valence-electron chi connectivity index (χ2n) is 8.39. The Bertz CT molecular complexity index is 450. The Hall–Kier alpha value is -1.32. The van der Waals surface area contributed by atoms with Crippen LogP contribution in [0.4, 0.5) is 0 Å². The zero-order valence-corrected chi connectivity index (χ0v) is 16.3. The van der Waals surface area contributed by atoms with Crippen LogP contribution in [0.25, 0.3) is 0 Å². The van der Waals surface area contributed by atoms with Crippen LogP contribution >= 0.6 is 0 Å². The summed E-state index contributed by atoms with van der Waals surface area (Å²) in [5.74, 6) is 0.355. The molecule has 1 aliphatic heterocycles. The van der Waals surface area contributed by atoms with Crippen LogP contribution in [0.3, 0.4) is 0 Å². The van der Waals surface area contributed by atoms with Crippen LogP contribution in [0.2, 0.25) is 0 Å². The lowest BCUT2D eigenvalue weighted by Gasteiger charge is -2.33. The predicted octanol–water partition coefficient (Wildman–Crippen LogP) is 4.54. The number of nitrogens with zero attached hydrogens (tertiary/aromatic N) is 1. The van der Waals surface area contributed by atoms with Gasteiger partial charge in [0.2, 0.25) is 5.91 Å². The minimum atomic E-state index is -0.124. The number of hydrogen-bond donors (Lipinski definition) is 0. The maximum absolute atomic E-state index is 12.4. The molecule has 1 amide bonds. The Morgan fingerprint density at radius 2 is 1.83 bits per heavy atom. The molecule has 0 aliphatic carbocycles. The molecule has 0 aromatic rings. The molecule has 0 saturated carbocycles. The summed E-state index contributed by atoms with van der Waals surface area (Å²) in [5, 5.41) is 0. The van der Waals surface area contributed by atoms with E-state index in [4.69, 9.17) is 4.74 Å². The second-order valence-corrected chi connectivity index (χ2v) is 8.39. The molecule has 0 spiro atoms. The number of hydrogen-bond acceptors (Lipinski definition) is 3. The van der Waals surface area contributed by atoms with Gasteiger partial charge < -0.3 is 9.64 Å². The Labute approximate surface area is 147 Å². The van der Waals surface area contributed by atoms with Gasteiger partial charge in [-0.3, -0.25) is 9.59 Å². The van der Waals surface area contributed by atoms with Crippen molar-refractivity contribution in [2.75, 3.05) is 7.05 Å². The molecule has 0 radical (unpaired) electrons. The summed E-state index contributed by atoms with van der Waals surface area (Å²) >= 11 is 0. The topological polar surface area (TPSA) is 46.6 Å². The highest BCUT2D eigenvalue weighted by molar-refractivity contribution is 5.76. The van der Waals surface area contributed by atoms with Gasteiger partial charge in [0.1, 0.15) is 6.10 Å². The third kappa shape index (κ3) is 7.06. The highest BCUT2D eigenvalue weighted by Gasteiger charge is 2.31. The van der Waals surface area contributed by atoms with E-state index in [1.807, 2.05) is 19.2 Å². The number of esters is 1. The number of carbonyl (C=O) groups excluding carboxylic acids is 2. The monoisotopic (exact) mass is 337 g/mol. The van der Waals surface area contributed by atoms with Crippen molar-refractivity contribution in [3.8, 4) is 0 Å². The van der Waals surface area contributed by atoms with Crippen molar-refractivity contribution < 1.29 is 14.3 Å². The standard InChI is InChI=1S/C20H35NO3/c1-15-10-9-12-18(22)21(6)13-8-7-11-16(2)19(23)24-17(14-15)20(3,4)5/h8,13,15-17H,7,9-12,14H2,1-6H3/b13-8+/t15-,16+,17-/m1/s1. The fraction of sp³-hybridized carbons (Fsp3) is 0.800. The van der Waals surface area contributed by atoms with E-state index >= 15 is 0 Å². The molecule has 24 heavy (non-hydrogen) atoms. The Morgan fingerprint density at radius 3 is 2.46 bits per heavy atom. The molecule has 138 valence electrons. The predicted molar refractivity (Wildman–Crippen MR) is 97.3 cm³/mol. The van der Waals surface area contributed by atoms with Crippen LogP contribution in [-0.2, 0) is 14.3 Å². The van der Waals surface area contributed by atoms with Crippen molar-refractivity contribution >= 4 is 11.9 Å². The van der Waals surface area contributed by atoms with E-state index in [1.54, 1.807) is 11.9 Å². The van der Waals surface area contributed by atoms with Gasteiger partial charge in [-0.2, -0.15) is 0 Å². The van der Waals surface area contributed by atoms with Gasteiger partial charge in [0.25, 0.3) is 0 Å². The molecule has 0 aromatic heterocycles. The molecule has 0 bridgehead atoms. The summed E-state index contributed by atoms with van der Waals surface area (Å²) in [5.41, 5.74) is -0.0759. The van der Waals surface area contributed by atoms with Gasteiger partial charge in [-0.15, -0.1) is 0 Å².